The standard InChI is InChI=1S/C13H12Br2ClNO2/c1-3-19-13(18)12-7-4-9(16)8(15)5-10(7)17(2)11(12)6-14/h4-5H,3,6H2,1-2H3. The van der Waals surface area contributed by atoms with Crippen LogP contribution in [0.4, 0.5) is 0 Å². The summed E-state index contributed by atoms with van der Waals surface area (Å²) in [7, 11) is 1.92. The summed E-state index contributed by atoms with van der Waals surface area (Å²) in [5, 5.41) is 1.95. The van der Waals surface area contributed by atoms with Crippen LogP contribution in [0.25, 0.3) is 10.9 Å². The summed E-state index contributed by atoms with van der Waals surface area (Å²) in [6.07, 6.45) is 0. The fourth-order valence-corrected chi connectivity index (χ4v) is 3.22. The van der Waals surface area contributed by atoms with Gasteiger partial charge in [-0.2, -0.15) is 0 Å². The van der Waals surface area contributed by atoms with Crippen LogP contribution in [-0.4, -0.2) is 17.1 Å². The summed E-state index contributed by atoms with van der Waals surface area (Å²) in [4.78, 5) is 12.1. The van der Waals surface area contributed by atoms with E-state index in [1.807, 2.05) is 17.7 Å². The first-order chi connectivity index (χ1) is 9.01. The van der Waals surface area contributed by atoms with E-state index in [0.29, 0.717) is 22.5 Å². The zero-order valence-electron chi connectivity index (χ0n) is 10.5. The average molecular weight is 410 g/mol. The van der Waals surface area contributed by atoms with Crippen molar-refractivity contribution >= 4 is 60.3 Å². The number of hydrogen-bond donors (Lipinski definition) is 0. The van der Waals surface area contributed by atoms with Gasteiger partial charge in [-0.3, -0.25) is 0 Å². The molecule has 0 atom stereocenters. The van der Waals surface area contributed by atoms with Crippen LogP contribution in [0.1, 0.15) is 23.0 Å². The smallest absolute Gasteiger partial charge is 0.340 e. The third-order valence-electron chi connectivity index (χ3n) is 2.97. The molecule has 0 aliphatic carbocycles. The van der Waals surface area contributed by atoms with Crippen LogP contribution in [0.5, 0.6) is 0 Å². The Labute approximate surface area is 133 Å². The van der Waals surface area contributed by atoms with Crippen molar-refractivity contribution in [2.75, 3.05) is 6.61 Å². The number of ether oxygens (including phenoxy) is 1. The second-order valence-corrected chi connectivity index (χ2v) is 5.84. The molecule has 0 bridgehead atoms. The third-order valence-corrected chi connectivity index (χ3v) is 4.70. The van der Waals surface area contributed by atoms with Gasteiger partial charge in [0.15, 0.2) is 0 Å². The van der Waals surface area contributed by atoms with Crippen molar-refractivity contribution in [2.24, 2.45) is 7.05 Å². The summed E-state index contributed by atoms with van der Waals surface area (Å²) < 4.78 is 7.91. The Morgan fingerprint density at radius 3 is 2.74 bits per heavy atom. The maximum absolute atomic E-state index is 12.1. The topological polar surface area (TPSA) is 31.2 Å². The Kier molecular flexibility index (Phi) is 4.58. The van der Waals surface area contributed by atoms with Crippen molar-refractivity contribution < 1.29 is 9.53 Å². The minimum Gasteiger partial charge on any atom is -0.462 e. The lowest BCUT2D eigenvalue weighted by molar-refractivity contribution is 0.0527. The number of carbonyl (C=O) groups is 1. The molecule has 1 aromatic carbocycles. The first-order valence-corrected chi connectivity index (χ1v) is 7.99. The number of hydrogen-bond acceptors (Lipinski definition) is 2. The zero-order chi connectivity index (χ0) is 14.2. The molecular weight excluding hydrogens is 397 g/mol. The lowest BCUT2D eigenvalue weighted by atomic mass is 10.1. The van der Waals surface area contributed by atoms with Gasteiger partial charge in [0, 0.05) is 27.9 Å². The van der Waals surface area contributed by atoms with Crippen LogP contribution in [0.15, 0.2) is 16.6 Å². The molecule has 2 aromatic rings. The van der Waals surface area contributed by atoms with Crippen molar-refractivity contribution in [1.82, 2.24) is 4.57 Å². The van der Waals surface area contributed by atoms with E-state index in [1.165, 1.54) is 0 Å². The van der Waals surface area contributed by atoms with E-state index in [-0.39, 0.29) is 5.97 Å². The fraction of sp³-hybridized carbons (Fsp3) is 0.308. The van der Waals surface area contributed by atoms with Gasteiger partial charge in [0.1, 0.15) is 0 Å². The molecule has 1 heterocycles. The Morgan fingerprint density at radius 1 is 1.47 bits per heavy atom. The number of alkyl halides is 1. The molecule has 19 heavy (non-hydrogen) atoms. The van der Waals surface area contributed by atoms with Gasteiger partial charge < -0.3 is 9.30 Å². The van der Waals surface area contributed by atoms with Crippen molar-refractivity contribution in [2.45, 2.75) is 12.3 Å². The monoisotopic (exact) mass is 407 g/mol. The van der Waals surface area contributed by atoms with Crippen molar-refractivity contribution in [3.63, 3.8) is 0 Å². The molecule has 0 amide bonds. The summed E-state index contributed by atoms with van der Waals surface area (Å²) in [6, 6.07) is 3.70. The van der Waals surface area contributed by atoms with Gasteiger partial charge in [-0.1, -0.05) is 27.5 Å². The van der Waals surface area contributed by atoms with Crippen LogP contribution in [0, 0.1) is 0 Å². The van der Waals surface area contributed by atoms with E-state index in [0.717, 1.165) is 21.1 Å². The molecule has 0 aliphatic rings. The first-order valence-electron chi connectivity index (χ1n) is 5.70. The maximum atomic E-state index is 12.1. The van der Waals surface area contributed by atoms with E-state index < -0.39 is 0 Å². The predicted molar refractivity (Wildman–Crippen MR) is 84.2 cm³/mol. The highest BCUT2D eigenvalue weighted by Crippen LogP contribution is 2.34. The molecule has 3 nitrogen and oxygen atoms in total. The largest absolute Gasteiger partial charge is 0.462 e. The molecule has 0 fully saturated rings. The average Bonchev–Trinajstić information content (AvgIpc) is 2.63. The lowest BCUT2D eigenvalue weighted by Gasteiger charge is -2.04. The highest BCUT2D eigenvalue weighted by atomic mass is 79.9. The Morgan fingerprint density at radius 2 is 2.16 bits per heavy atom. The number of aryl methyl sites for hydroxylation is 1. The molecule has 0 radical (unpaired) electrons. The Bertz CT molecular complexity index is 652. The fourth-order valence-electron chi connectivity index (χ4n) is 2.07. The number of carbonyl (C=O) groups excluding carboxylic acids is 1. The normalized spacial score (nSPS) is 11.0. The molecule has 0 unspecified atom stereocenters. The van der Waals surface area contributed by atoms with Gasteiger partial charge >= 0.3 is 5.97 Å². The number of rotatable bonds is 3. The molecule has 0 spiro atoms. The predicted octanol–water partition coefficient (Wildman–Crippen LogP) is 4.67. The zero-order valence-corrected chi connectivity index (χ0v) is 14.4. The van der Waals surface area contributed by atoms with Crippen molar-refractivity contribution in [3.8, 4) is 0 Å². The summed E-state index contributed by atoms with van der Waals surface area (Å²) in [6.45, 7) is 2.14. The van der Waals surface area contributed by atoms with E-state index in [2.05, 4.69) is 31.9 Å². The minimum absolute atomic E-state index is 0.319. The molecule has 0 aliphatic heterocycles. The molecule has 2 rings (SSSR count). The lowest BCUT2D eigenvalue weighted by Crippen LogP contribution is -2.07. The van der Waals surface area contributed by atoms with Crippen molar-refractivity contribution in [1.29, 1.82) is 0 Å². The van der Waals surface area contributed by atoms with Crippen LogP contribution in [0.3, 0.4) is 0 Å². The second-order valence-electron chi connectivity index (χ2n) is 4.02. The van der Waals surface area contributed by atoms with Crippen LogP contribution in [-0.2, 0) is 17.1 Å². The summed E-state index contributed by atoms with van der Waals surface area (Å²) in [5.74, 6) is -0.319. The SMILES string of the molecule is CCOC(=O)c1c(CBr)n(C)c2cc(Br)c(Cl)cc12. The maximum Gasteiger partial charge on any atom is 0.340 e. The summed E-state index contributed by atoms with van der Waals surface area (Å²) in [5.41, 5.74) is 2.39. The van der Waals surface area contributed by atoms with Crippen molar-refractivity contribution in [3.05, 3.63) is 32.9 Å². The van der Waals surface area contributed by atoms with Gasteiger partial charge in [-0.15, -0.1) is 0 Å². The van der Waals surface area contributed by atoms with Gasteiger partial charge in [0.05, 0.1) is 22.7 Å². The molecule has 0 N–H and O–H groups in total. The Hall–Kier alpha value is -0.520. The quantitative estimate of drug-likeness (QED) is 0.545. The van der Waals surface area contributed by atoms with Gasteiger partial charge in [0.2, 0.25) is 0 Å². The minimum atomic E-state index is -0.319. The van der Waals surface area contributed by atoms with E-state index in [4.69, 9.17) is 16.3 Å². The third kappa shape index (κ3) is 2.56. The van der Waals surface area contributed by atoms with Gasteiger partial charge in [-0.25, -0.2) is 4.79 Å². The van der Waals surface area contributed by atoms with E-state index in [1.54, 1.807) is 13.0 Å². The molecule has 0 saturated carbocycles. The Balaban J connectivity index is 2.79. The van der Waals surface area contributed by atoms with E-state index in [9.17, 15) is 4.79 Å². The number of fused-ring (bicyclic) bond motifs is 1. The van der Waals surface area contributed by atoms with Gasteiger partial charge in [-0.05, 0) is 35.0 Å². The highest BCUT2D eigenvalue weighted by Gasteiger charge is 2.22. The molecular formula is C13H12Br2ClNO2. The molecule has 102 valence electrons. The van der Waals surface area contributed by atoms with Gasteiger partial charge in [0.25, 0.3) is 0 Å². The number of halogens is 3. The first kappa shape index (κ1) is 14.9. The molecule has 6 heteroatoms. The summed E-state index contributed by atoms with van der Waals surface area (Å²) >= 11 is 12.9. The van der Waals surface area contributed by atoms with Crippen LogP contribution in [0.2, 0.25) is 5.02 Å². The van der Waals surface area contributed by atoms with E-state index >= 15 is 0 Å². The molecule has 1 aromatic heterocycles. The van der Waals surface area contributed by atoms with Crippen LogP contribution < -0.4 is 0 Å². The number of aromatic nitrogens is 1. The highest BCUT2D eigenvalue weighted by molar-refractivity contribution is 9.10. The number of esters is 1. The number of nitrogens with zero attached hydrogens (tertiary/aromatic N) is 1. The second kappa shape index (κ2) is 5.85. The van der Waals surface area contributed by atoms with Crippen LogP contribution >= 0.6 is 43.5 Å². The number of benzene rings is 1. The molecule has 0 saturated heterocycles.